The summed E-state index contributed by atoms with van der Waals surface area (Å²) < 4.78 is 10.6. The molecule has 1 unspecified atom stereocenters. The Kier molecular flexibility index (Phi) is 4.55. The van der Waals surface area contributed by atoms with Crippen molar-refractivity contribution in [1.82, 2.24) is 15.0 Å². The van der Waals surface area contributed by atoms with Gasteiger partial charge in [0.1, 0.15) is 0 Å². The molecule has 2 fully saturated rings. The van der Waals surface area contributed by atoms with E-state index in [4.69, 9.17) is 9.26 Å². The van der Waals surface area contributed by atoms with Crippen LogP contribution in [-0.4, -0.2) is 60.3 Å². The molecular formula is C15H23N3O3. The number of morpholine rings is 1. The third-order valence-electron chi connectivity index (χ3n) is 4.23. The minimum atomic E-state index is 0.112. The number of rotatable bonds is 3. The average Bonchev–Trinajstić information content (AvgIpc) is 2.93. The molecule has 1 aromatic heterocycles. The largest absolute Gasteiger partial charge is 0.378 e. The SMILES string of the molecule is Cc1cc(CN2CCCC(C(=O)N3CCOCC3)C2)on1. The highest BCUT2D eigenvalue weighted by molar-refractivity contribution is 5.79. The van der Waals surface area contributed by atoms with Crippen LogP contribution in [0.1, 0.15) is 24.3 Å². The molecule has 0 aliphatic carbocycles. The van der Waals surface area contributed by atoms with Gasteiger partial charge in [0.15, 0.2) is 5.76 Å². The molecule has 116 valence electrons. The highest BCUT2D eigenvalue weighted by Crippen LogP contribution is 2.21. The van der Waals surface area contributed by atoms with Gasteiger partial charge < -0.3 is 14.2 Å². The Hall–Kier alpha value is -1.40. The summed E-state index contributed by atoms with van der Waals surface area (Å²) in [6, 6.07) is 1.97. The molecule has 3 rings (SSSR count). The monoisotopic (exact) mass is 293 g/mol. The third kappa shape index (κ3) is 3.63. The van der Waals surface area contributed by atoms with Crippen LogP contribution in [-0.2, 0) is 16.1 Å². The summed E-state index contributed by atoms with van der Waals surface area (Å²) >= 11 is 0. The maximum atomic E-state index is 12.6. The highest BCUT2D eigenvalue weighted by atomic mass is 16.5. The van der Waals surface area contributed by atoms with E-state index in [0.29, 0.717) is 13.2 Å². The van der Waals surface area contributed by atoms with Crippen molar-refractivity contribution in [2.45, 2.75) is 26.3 Å². The quantitative estimate of drug-likeness (QED) is 0.834. The number of amides is 1. The zero-order valence-corrected chi connectivity index (χ0v) is 12.6. The van der Waals surface area contributed by atoms with Crippen LogP contribution in [0.25, 0.3) is 0 Å². The summed E-state index contributed by atoms with van der Waals surface area (Å²) in [5.74, 6) is 1.28. The molecule has 2 aliphatic heterocycles. The van der Waals surface area contributed by atoms with Gasteiger partial charge in [0.25, 0.3) is 0 Å². The summed E-state index contributed by atoms with van der Waals surface area (Å²) in [4.78, 5) is 16.8. The molecule has 0 radical (unpaired) electrons. The minimum absolute atomic E-state index is 0.112. The second-order valence-corrected chi connectivity index (χ2v) is 5.95. The van der Waals surface area contributed by atoms with Crippen molar-refractivity contribution in [2.75, 3.05) is 39.4 Å². The van der Waals surface area contributed by atoms with Crippen LogP contribution in [0.2, 0.25) is 0 Å². The van der Waals surface area contributed by atoms with E-state index in [1.54, 1.807) is 0 Å². The van der Waals surface area contributed by atoms with Gasteiger partial charge in [-0.1, -0.05) is 5.16 Å². The van der Waals surface area contributed by atoms with Gasteiger partial charge in [0.05, 0.1) is 31.4 Å². The number of hydrogen-bond acceptors (Lipinski definition) is 5. The van der Waals surface area contributed by atoms with E-state index >= 15 is 0 Å². The van der Waals surface area contributed by atoms with Crippen molar-refractivity contribution in [3.63, 3.8) is 0 Å². The number of aromatic nitrogens is 1. The van der Waals surface area contributed by atoms with Crippen LogP contribution in [0.5, 0.6) is 0 Å². The van der Waals surface area contributed by atoms with Crippen LogP contribution >= 0.6 is 0 Å². The van der Waals surface area contributed by atoms with Crippen molar-refractivity contribution in [3.05, 3.63) is 17.5 Å². The third-order valence-corrected chi connectivity index (χ3v) is 4.23. The van der Waals surface area contributed by atoms with Crippen molar-refractivity contribution in [2.24, 2.45) is 5.92 Å². The molecule has 1 amide bonds. The molecule has 6 heteroatoms. The van der Waals surface area contributed by atoms with Crippen LogP contribution in [0.15, 0.2) is 10.6 Å². The first-order valence-corrected chi connectivity index (χ1v) is 7.73. The first-order chi connectivity index (χ1) is 10.2. The van der Waals surface area contributed by atoms with Crippen LogP contribution in [0.3, 0.4) is 0 Å². The molecule has 0 bridgehead atoms. The zero-order chi connectivity index (χ0) is 14.7. The number of aryl methyl sites for hydroxylation is 1. The smallest absolute Gasteiger partial charge is 0.227 e. The lowest BCUT2D eigenvalue weighted by molar-refractivity contribution is -0.141. The number of nitrogens with zero attached hydrogens (tertiary/aromatic N) is 3. The summed E-state index contributed by atoms with van der Waals surface area (Å²) in [5.41, 5.74) is 0.906. The van der Waals surface area contributed by atoms with Gasteiger partial charge >= 0.3 is 0 Å². The lowest BCUT2D eigenvalue weighted by Crippen LogP contribution is -2.48. The van der Waals surface area contributed by atoms with Gasteiger partial charge in [-0.3, -0.25) is 9.69 Å². The molecule has 21 heavy (non-hydrogen) atoms. The fraction of sp³-hybridized carbons (Fsp3) is 0.733. The van der Waals surface area contributed by atoms with Gasteiger partial charge in [-0.25, -0.2) is 0 Å². The van der Waals surface area contributed by atoms with Crippen LogP contribution in [0.4, 0.5) is 0 Å². The topological polar surface area (TPSA) is 58.8 Å². The summed E-state index contributed by atoms with van der Waals surface area (Å²) in [6.07, 6.45) is 2.05. The van der Waals surface area contributed by atoms with Crippen molar-refractivity contribution in [1.29, 1.82) is 0 Å². The number of carbonyl (C=O) groups excluding carboxylic acids is 1. The lowest BCUT2D eigenvalue weighted by atomic mass is 9.96. The second-order valence-electron chi connectivity index (χ2n) is 5.95. The predicted octanol–water partition coefficient (Wildman–Crippen LogP) is 1.05. The first-order valence-electron chi connectivity index (χ1n) is 7.73. The molecule has 6 nitrogen and oxygen atoms in total. The predicted molar refractivity (Wildman–Crippen MR) is 76.6 cm³/mol. The molecule has 3 heterocycles. The molecule has 1 atom stereocenters. The van der Waals surface area contributed by atoms with E-state index < -0.39 is 0 Å². The lowest BCUT2D eigenvalue weighted by Gasteiger charge is -2.35. The molecule has 1 aromatic rings. The fourth-order valence-electron chi connectivity index (χ4n) is 3.15. The molecular weight excluding hydrogens is 270 g/mol. The molecule has 0 aromatic carbocycles. The molecule has 0 N–H and O–H groups in total. The van der Waals surface area contributed by atoms with Crippen LogP contribution in [0, 0.1) is 12.8 Å². The van der Waals surface area contributed by atoms with E-state index in [0.717, 1.165) is 57.0 Å². The Balaban J connectivity index is 1.56. The second kappa shape index (κ2) is 6.58. The zero-order valence-electron chi connectivity index (χ0n) is 12.6. The molecule has 0 spiro atoms. The molecule has 2 saturated heterocycles. The van der Waals surface area contributed by atoms with Gasteiger partial charge in [-0.15, -0.1) is 0 Å². The summed E-state index contributed by atoms with van der Waals surface area (Å²) in [5, 5.41) is 3.92. The number of piperidine rings is 1. The van der Waals surface area contributed by atoms with E-state index in [-0.39, 0.29) is 11.8 Å². The number of ether oxygens (including phenoxy) is 1. The first kappa shape index (κ1) is 14.5. The minimum Gasteiger partial charge on any atom is -0.378 e. The Morgan fingerprint density at radius 3 is 2.90 bits per heavy atom. The summed E-state index contributed by atoms with van der Waals surface area (Å²) in [7, 11) is 0. The van der Waals surface area contributed by atoms with Crippen LogP contribution < -0.4 is 0 Å². The van der Waals surface area contributed by atoms with Crippen molar-refractivity contribution < 1.29 is 14.1 Å². The maximum absolute atomic E-state index is 12.6. The number of hydrogen-bond donors (Lipinski definition) is 0. The standard InChI is InChI=1S/C15H23N3O3/c1-12-9-14(21-16-12)11-17-4-2-3-13(10-17)15(19)18-5-7-20-8-6-18/h9,13H,2-8,10-11H2,1H3. The number of likely N-dealkylation sites (tertiary alicyclic amines) is 1. The fourth-order valence-corrected chi connectivity index (χ4v) is 3.15. The summed E-state index contributed by atoms with van der Waals surface area (Å²) in [6.45, 7) is 7.30. The normalized spacial score (nSPS) is 24.2. The average molecular weight is 293 g/mol. The van der Waals surface area contributed by atoms with Gasteiger partial charge in [-0.05, 0) is 26.3 Å². The number of carbonyl (C=O) groups is 1. The van der Waals surface area contributed by atoms with E-state index in [9.17, 15) is 4.79 Å². The Labute approximate surface area is 125 Å². The van der Waals surface area contributed by atoms with E-state index in [2.05, 4.69) is 10.1 Å². The van der Waals surface area contributed by atoms with Gasteiger partial charge in [0, 0.05) is 25.7 Å². The van der Waals surface area contributed by atoms with Crippen molar-refractivity contribution in [3.8, 4) is 0 Å². The Morgan fingerprint density at radius 2 is 2.19 bits per heavy atom. The van der Waals surface area contributed by atoms with Gasteiger partial charge in [-0.2, -0.15) is 0 Å². The van der Waals surface area contributed by atoms with E-state index in [1.165, 1.54) is 0 Å². The van der Waals surface area contributed by atoms with Gasteiger partial charge in [0.2, 0.25) is 5.91 Å². The Morgan fingerprint density at radius 1 is 1.38 bits per heavy atom. The maximum Gasteiger partial charge on any atom is 0.227 e. The Bertz CT molecular complexity index is 482. The van der Waals surface area contributed by atoms with Crippen molar-refractivity contribution >= 4 is 5.91 Å². The highest BCUT2D eigenvalue weighted by Gasteiger charge is 2.30. The molecule has 2 aliphatic rings. The van der Waals surface area contributed by atoms with E-state index in [1.807, 2.05) is 17.9 Å². The molecule has 0 saturated carbocycles.